The van der Waals surface area contributed by atoms with E-state index < -0.39 is 11.6 Å². The molecular formula is C19H29N5O5. The number of piperazine rings is 1. The van der Waals surface area contributed by atoms with Crippen molar-refractivity contribution in [1.29, 1.82) is 0 Å². The first-order valence-corrected chi connectivity index (χ1v) is 9.97. The van der Waals surface area contributed by atoms with E-state index in [2.05, 4.69) is 9.98 Å². The standard InChI is InChI=1S/C19H29N5O5/c1-5-28-15(25)11-24-12-20-13-10-14(21-17(26)16(13)24)22-6-8-23(9-7-22)18(27)29-19(2,3)4/h12-13,16H,5-11H2,1-4H3. The van der Waals surface area contributed by atoms with Gasteiger partial charge >= 0.3 is 12.1 Å². The SMILES string of the molecule is CCOC(=O)CN1C=NC2CC(N3CCN(C(=O)OC(C)(C)C)CC3)=NC(=O)C21. The van der Waals surface area contributed by atoms with Gasteiger partial charge in [0, 0.05) is 32.6 Å². The maximum absolute atomic E-state index is 12.6. The van der Waals surface area contributed by atoms with Crippen LogP contribution >= 0.6 is 0 Å². The van der Waals surface area contributed by atoms with Crippen LogP contribution in [0.2, 0.25) is 0 Å². The number of hydrogen-bond acceptors (Lipinski definition) is 8. The van der Waals surface area contributed by atoms with Gasteiger partial charge in [0.05, 0.1) is 19.0 Å². The van der Waals surface area contributed by atoms with Crippen LogP contribution in [0, 0.1) is 0 Å². The zero-order chi connectivity index (χ0) is 21.2. The van der Waals surface area contributed by atoms with Gasteiger partial charge in [-0.2, -0.15) is 4.99 Å². The molecule has 3 aliphatic rings. The minimum Gasteiger partial charge on any atom is -0.465 e. The molecule has 0 N–H and O–H groups in total. The number of nitrogens with zero attached hydrogens (tertiary/aromatic N) is 5. The van der Waals surface area contributed by atoms with Crippen molar-refractivity contribution in [1.82, 2.24) is 14.7 Å². The number of rotatable bonds is 3. The lowest BCUT2D eigenvalue weighted by Crippen LogP contribution is -2.55. The van der Waals surface area contributed by atoms with Crippen LogP contribution < -0.4 is 0 Å². The fourth-order valence-electron chi connectivity index (χ4n) is 3.61. The quantitative estimate of drug-likeness (QED) is 0.628. The molecule has 2 atom stereocenters. The molecule has 0 saturated carbocycles. The van der Waals surface area contributed by atoms with Gasteiger partial charge in [0.2, 0.25) is 0 Å². The molecule has 0 aromatic rings. The van der Waals surface area contributed by atoms with Crippen LogP contribution in [0.3, 0.4) is 0 Å². The summed E-state index contributed by atoms with van der Waals surface area (Å²) in [5, 5.41) is 0. The predicted molar refractivity (Wildman–Crippen MR) is 106 cm³/mol. The second-order valence-corrected chi connectivity index (χ2v) is 8.28. The maximum Gasteiger partial charge on any atom is 0.410 e. The number of amidine groups is 1. The predicted octanol–water partition coefficient (Wildman–Crippen LogP) is 0.512. The highest BCUT2D eigenvalue weighted by Gasteiger charge is 2.42. The molecule has 2 amide bonds. The summed E-state index contributed by atoms with van der Waals surface area (Å²) in [5.41, 5.74) is -0.529. The normalized spacial score (nSPS) is 24.3. The number of fused-ring (bicyclic) bond motifs is 1. The first-order chi connectivity index (χ1) is 13.7. The van der Waals surface area contributed by atoms with Crippen molar-refractivity contribution in [2.45, 2.75) is 51.8 Å². The van der Waals surface area contributed by atoms with E-state index in [9.17, 15) is 14.4 Å². The molecule has 0 spiro atoms. The first-order valence-electron chi connectivity index (χ1n) is 9.97. The molecule has 3 rings (SSSR count). The summed E-state index contributed by atoms with van der Waals surface area (Å²) in [4.78, 5) is 50.6. The largest absolute Gasteiger partial charge is 0.465 e. The van der Waals surface area contributed by atoms with Crippen LogP contribution in [0.15, 0.2) is 9.98 Å². The highest BCUT2D eigenvalue weighted by atomic mass is 16.6. The molecule has 3 aliphatic heterocycles. The van der Waals surface area contributed by atoms with Crippen molar-refractivity contribution in [3.05, 3.63) is 0 Å². The summed E-state index contributed by atoms with van der Waals surface area (Å²) >= 11 is 0. The summed E-state index contributed by atoms with van der Waals surface area (Å²) < 4.78 is 10.4. The molecular weight excluding hydrogens is 378 g/mol. The minimum absolute atomic E-state index is 0.0103. The van der Waals surface area contributed by atoms with E-state index in [1.165, 1.54) is 0 Å². The summed E-state index contributed by atoms with van der Waals surface area (Å²) in [6.45, 7) is 9.73. The highest BCUT2D eigenvalue weighted by Crippen LogP contribution is 2.25. The highest BCUT2D eigenvalue weighted by molar-refractivity contribution is 6.02. The average molecular weight is 407 g/mol. The Hall–Kier alpha value is -2.65. The fourth-order valence-corrected chi connectivity index (χ4v) is 3.61. The number of hydrogen-bond donors (Lipinski definition) is 0. The van der Waals surface area contributed by atoms with E-state index in [-0.39, 0.29) is 30.6 Å². The van der Waals surface area contributed by atoms with E-state index in [1.807, 2.05) is 25.7 Å². The Morgan fingerprint density at radius 3 is 2.52 bits per heavy atom. The van der Waals surface area contributed by atoms with Crippen molar-refractivity contribution < 1.29 is 23.9 Å². The van der Waals surface area contributed by atoms with E-state index in [0.717, 1.165) is 0 Å². The van der Waals surface area contributed by atoms with Crippen LogP contribution in [-0.4, -0.2) is 102 Å². The average Bonchev–Trinajstić information content (AvgIpc) is 3.04. The van der Waals surface area contributed by atoms with Crippen molar-refractivity contribution in [3.8, 4) is 0 Å². The van der Waals surface area contributed by atoms with Crippen LogP contribution in [0.4, 0.5) is 4.79 Å². The van der Waals surface area contributed by atoms with Gasteiger partial charge < -0.3 is 24.2 Å². The molecule has 0 radical (unpaired) electrons. The monoisotopic (exact) mass is 407 g/mol. The Kier molecular flexibility index (Phi) is 6.09. The van der Waals surface area contributed by atoms with Crippen LogP contribution in [-0.2, 0) is 19.1 Å². The number of carbonyl (C=O) groups is 3. The number of ether oxygens (including phenoxy) is 2. The van der Waals surface area contributed by atoms with Crippen molar-refractivity contribution >= 4 is 30.1 Å². The Labute approximate surface area is 170 Å². The van der Waals surface area contributed by atoms with E-state index in [4.69, 9.17) is 9.47 Å². The zero-order valence-electron chi connectivity index (χ0n) is 17.5. The van der Waals surface area contributed by atoms with Gasteiger partial charge in [0.1, 0.15) is 24.0 Å². The zero-order valence-corrected chi connectivity index (χ0v) is 17.5. The first kappa shape index (κ1) is 21.1. The van der Waals surface area contributed by atoms with Gasteiger partial charge in [-0.15, -0.1) is 0 Å². The van der Waals surface area contributed by atoms with Crippen molar-refractivity contribution in [3.63, 3.8) is 0 Å². The van der Waals surface area contributed by atoms with Crippen LogP contribution in [0.5, 0.6) is 0 Å². The van der Waals surface area contributed by atoms with Gasteiger partial charge in [0.25, 0.3) is 5.91 Å². The van der Waals surface area contributed by atoms with Gasteiger partial charge in [-0.25, -0.2) is 4.79 Å². The topological polar surface area (TPSA) is 104 Å². The third kappa shape index (κ3) is 5.04. The number of esters is 1. The number of aliphatic imine (C=N–C) groups is 2. The Morgan fingerprint density at radius 1 is 1.21 bits per heavy atom. The summed E-state index contributed by atoms with van der Waals surface area (Å²) in [5.74, 6) is 0.00304. The second kappa shape index (κ2) is 8.38. The molecule has 29 heavy (non-hydrogen) atoms. The maximum atomic E-state index is 12.6. The second-order valence-electron chi connectivity index (χ2n) is 8.28. The number of amides is 2. The van der Waals surface area contributed by atoms with Gasteiger partial charge in [-0.3, -0.25) is 14.6 Å². The molecule has 2 unspecified atom stereocenters. The minimum atomic E-state index is -0.550. The van der Waals surface area contributed by atoms with Crippen molar-refractivity contribution in [2.24, 2.45) is 9.98 Å². The third-order valence-corrected chi connectivity index (χ3v) is 4.93. The van der Waals surface area contributed by atoms with Gasteiger partial charge in [-0.05, 0) is 27.7 Å². The molecule has 0 aromatic carbocycles. The van der Waals surface area contributed by atoms with E-state index in [0.29, 0.717) is 45.0 Å². The molecule has 1 fully saturated rings. The molecule has 0 aliphatic carbocycles. The van der Waals surface area contributed by atoms with E-state index in [1.54, 1.807) is 23.1 Å². The Bertz CT molecular complexity index is 721. The fraction of sp³-hybridized carbons (Fsp3) is 0.737. The molecule has 3 heterocycles. The summed E-state index contributed by atoms with van der Waals surface area (Å²) in [6.07, 6.45) is 1.75. The summed E-state index contributed by atoms with van der Waals surface area (Å²) in [7, 11) is 0. The molecule has 160 valence electrons. The molecule has 10 heteroatoms. The van der Waals surface area contributed by atoms with Gasteiger partial charge in [0.15, 0.2) is 0 Å². The Balaban J connectivity index is 1.57. The van der Waals surface area contributed by atoms with Gasteiger partial charge in [-0.1, -0.05) is 0 Å². The molecule has 0 bridgehead atoms. The van der Waals surface area contributed by atoms with Crippen molar-refractivity contribution in [2.75, 3.05) is 39.3 Å². The van der Waals surface area contributed by atoms with Crippen LogP contribution in [0.25, 0.3) is 0 Å². The lowest BCUT2D eigenvalue weighted by atomic mass is 10.00. The van der Waals surface area contributed by atoms with Crippen LogP contribution in [0.1, 0.15) is 34.1 Å². The third-order valence-electron chi connectivity index (χ3n) is 4.93. The smallest absolute Gasteiger partial charge is 0.410 e. The lowest BCUT2D eigenvalue weighted by Gasteiger charge is -2.39. The molecule has 0 aromatic heterocycles. The van der Waals surface area contributed by atoms with E-state index >= 15 is 0 Å². The number of carbonyl (C=O) groups excluding carboxylic acids is 3. The Morgan fingerprint density at radius 2 is 1.90 bits per heavy atom. The lowest BCUT2D eigenvalue weighted by molar-refractivity contribution is -0.144. The molecule has 10 nitrogen and oxygen atoms in total. The summed E-state index contributed by atoms with van der Waals surface area (Å²) in [6, 6.07) is -0.806. The molecule has 1 saturated heterocycles.